The van der Waals surface area contributed by atoms with E-state index in [1.54, 1.807) is 73.2 Å². The molecule has 564 valence electrons. The van der Waals surface area contributed by atoms with Crippen molar-refractivity contribution in [1.29, 1.82) is 0 Å². The number of imidazole rings is 3. The number of ether oxygens (including phenoxy) is 3. The van der Waals surface area contributed by atoms with Gasteiger partial charge in [0.05, 0.1) is 17.1 Å². The monoisotopic (exact) mass is 1470 g/mol. The van der Waals surface area contributed by atoms with Crippen LogP contribution >= 0.6 is 0 Å². The van der Waals surface area contributed by atoms with E-state index < -0.39 is 53.4 Å². The summed E-state index contributed by atoms with van der Waals surface area (Å²) in [4.78, 5) is 26.9. The van der Waals surface area contributed by atoms with Gasteiger partial charge in [-0.2, -0.15) is 0 Å². The van der Waals surface area contributed by atoms with E-state index in [4.69, 9.17) is 14.2 Å². The molecule has 0 aliphatic carbocycles. The first-order valence-corrected chi connectivity index (χ1v) is 36.2. The highest BCUT2D eigenvalue weighted by Crippen LogP contribution is 2.40. The smallest absolute Gasteiger partial charge is 0.233 e. The Morgan fingerprint density at radius 2 is 0.759 bits per heavy atom. The quantitative estimate of drug-likeness (QED) is 0.0625. The van der Waals surface area contributed by atoms with Crippen LogP contribution in [0.2, 0.25) is 0 Å². The Kier molecular flexibility index (Phi) is 20.1. The van der Waals surface area contributed by atoms with E-state index in [9.17, 15) is 15.3 Å². The summed E-state index contributed by atoms with van der Waals surface area (Å²) in [6, 6.07) is 22.8. The van der Waals surface area contributed by atoms with Gasteiger partial charge in [-0.15, -0.1) is 30.6 Å². The van der Waals surface area contributed by atoms with E-state index in [2.05, 4.69) is 89.4 Å². The zero-order valence-corrected chi connectivity index (χ0v) is 63.9. The highest BCUT2D eigenvalue weighted by atomic mass is 19.1. The number of nitrogens with zero attached hydrogens (tertiary/aromatic N) is 15. The van der Waals surface area contributed by atoms with E-state index in [-0.39, 0.29) is 51.5 Å². The Morgan fingerprint density at radius 1 is 0.407 bits per heavy atom. The normalized spacial score (nSPS) is 21.0. The number of piperidine rings is 3. The second-order valence-corrected chi connectivity index (χ2v) is 32.3. The van der Waals surface area contributed by atoms with Crippen molar-refractivity contribution in [3.05, 3.63) is 163 Å². The van der Waals surface area contributed by atoms with Gasteiger partial charge in [-0.3, -0.25) is 0 Å². The third-order valence-electron chi connectivity index (χ3n) is 19.8. The third-order valence-corrected chi connectivity index (χ3v) is 19.8. The Hall–Kier alpha value is -10.8. The molecule has 0 saturated carbocycles. The molecule has 3 aliphatic heterocycles. The van der Waals surface area contributed by atoms with Crippen LogP contribution in [0.4, 0.5) is 13.2 Å². The van der Waals surface area contributed by atoms with Crippen LogP contribution in [0.3, 0.4) is 0 Å². The predicted molar refractivity (Wildman–Crippen MR) is 407 cm³/mol. The van der Waals surface area contributed by atoms with Gasteiger partial charge in [0, 0.05) is 160 Å². The molecule has 15 rings (SSSR count). The molecule has 3 fully saturated rings. The van der Waals surface area contributed by atoms with Gasteiger partial charge in [-0.1, -0.05) is 6.92 Å². The van der Waals surface area contributed by atoms with Crippen molar-refractivity contribution in [2.75, 3.05) is 0 Å². The van der Waals surface area contributed by atoms with Crippen LogP contribution < -0.4 is 30.2 Å². The molecule has 0 spiro atoms. The maximum atomic E-state index is 15.1. The SMILES string of the molecule is CCc1cc(-c2cnc(-c3ccc(O[C@H]4CC(C)(C)NC(C)(C)[C@H]4F)nn3)c(O)c2)cn2cc(C)nc12.Cc1cn2cc(-c3cnc(-c4ccc(O[C@H]5CC(C)(C)NC(C)(C)[C@H]5F)nn4)c(O)c3)cc(C)c2n1.Cc1cn2cc(-c3cnc(-c4ccc(O[C@H]5CC(C)(C)NC(C)(C)[C@H]5F)nn4)c(O)c3)ccc2n1. The van der Waals surface area contributed by atoms with Gasteiger partial charge in [-0.25, -0.2) is 43.1 Å². The molecule has 24 nitrogen and oxygen atoms in total. The second-order valence-electron chi connectivity index (χ2n) is 32.3. The number of rotatable bonds is 13. The standard InChI is InChI=1S/C28H33FN6O2.C27H31FN6O2.C26H29FN6O2/c1-7-17-10-19(15-35-14-16(2)31-26(17)35)18-11-21(36)24(30-13-18)20-8-9-23(33-32-20)37-22-12-27(3,4)34-28(5,6)25(22)29;1-15-9-18(14-34-13-16(2)30-25(15)34)17-10-20(35)23(29-12-17)19-7-8-22(32-31-19)36-21-11-26(3,4)33-27(5,6)24(21)28;1-15-13-33-14-16(6-8-21(33)29-15)17-10-19(34)23(28-12-17)18-7-9-22(31-30-18)35-20-11-25(2,3)32-26(4,5)24(20)27/h8-11,13-15,22,25,34,36H,7,12H2,1-6H3;7-10,12-14,21,24,33,35H,11H2,1-6H3;6-10,12-14,20,24,32,34H,11H2,1-5H3/t22-,25-;21-,24-;20-,24-/m000/s1. The van der Waals surface area contributed by atoms with Gasteiger partial charge in [0.15, 0.2) is 18.5 Å². The molecular weight excluding hydrogens is 1380 g/mol. The highest BCUT2D eigenvalue weighted by molar-refractivity contribution is 5.75. The molecule has 12 aromatic heterocycles. The number of aryl methyl sites for hydroxylation is 5. The Labute approximate surface area is 625 Å². The molecule has 0 unspecified atom stereocenters. The fraction of sp³-hybridized carbons (Fsp3) is 0.407. The summed E-state index contributed by atoms with van der Waals surface area (Å²) < 4.78 is 68.8. The zero-order chi connectivity index (χ0) is 77.3. The van der Waals surface area contributed by atoms with Crippen LogP contribution in [0.5, 0.6) is 34.9 Å². The summed E-state index contributed by atoms with van der Waals surface area (Å²) in [6.45, 7) is 33.1. The lowest BCUT2D eigenvalue weighted by atomic mass is 9.79. The second kappa shape index (κ2) is 28.7. The maximum absolute atomic E-state index is 15.1. The number of fused-ring (bicyclic) bond motifs is 3. The Morgan fingerprint density at radius 3 is 1.14 bits per heavy atom. The average Bonchev–Trinajstić information content (AvgIpc) is 1.74. The molecular formula is C81H93F3N18O6. The van der Waals surface area contributed by atoms with Gasteiger partial charge >= 0.3 is 0 Å². The van der Waals surface area contributed by atoms with Gasteiger partial charge < -0.3 is 58.7 Å². The van der Waals surface area contributed by atoms with Crippen LogP contribution in [0.25, 0.3) is 84.5 Å². The number of aromatic hydroxyl groups is 3. The first-order valence-electron chi connectivity index (χ1n) is 36.2. The number of hydrogen-bond donors (Lipinski definition) is 6. The Bertz CT molecular complexity index is 5300. The lowest BCUT2D eigenvalue weighted by Gasteiger charge is -2.48. The van der Waals surface area contributed by atoms with Crippen LogP contribution in [-0.4, -0.2) is 159 Å². The number of pyridine rings is 6. The summed E-state index contributed by atoms with van der Waals surface area (Å²) in [5.74, 6) is 0.659. The number of halogens is 3. The number of nitrogens with one attached hydrogen (secondary N) is 3. The zero-order valence-electron chi connectivity index (χ0n) is 63.9. The number of hydrogen-bond acceptors (Lipinski definition) is 21. The fourth-order valence-corrected chi connectivity index (χ4v) is 15.5. The van der Waals surface area contributed by atoms with E-state index in [0.29, 0.717) is 53.4 Å². The summed E-state index contributed by atoms with van der Waals surface area (Å²) in [5, 5.41) is 67.1. The van der Waals surface area contributed by atoms with Crippen molar-refractivity contribution in [3.8, 4) is 102 Å². The minimum absolute atomic E-state index is 0.00824. The van der Waals surface area contributed by atoms with Gasteiger partial charge in [0.1, 0.15) is 86.7 Å². The summed E-state index contributed by atoms with van der Waals surface area (Å²) in [6.07, 6.45) is 13.6. The first-order chi connectivity index (χ1) is 50.9. The van der Waals surface area contributed by atoms with Crippen LogP contribution in [0, 0.1) is 27.7 Å². The molecule has 0 bridgehead atoms. The molecule has 12 aromatic rings. The van der Waals surface area contributed by atoms with Crippen molar-refractivity contribution in [2.24, 2.45) is 0 Å². The van der Waals surface area contributed by atoms with Crippen molar-refractivity contribution >= 4 is 16.9 Å². The molecule has 6 N–H and O–H groups in total. The topological polar surface area (TPSA) is 292 Å². The van der Waals surface area contributed by atoms with Crippen LogP contribution in [-0.2, 0) is 6.42 Å². The molecule has 15 heterocycles. The number of aromatic nitrogens is 15. The van der Waals surface area contributed by atoms with E-state index in [1.807, 2.05) is 179 Å². The molecule has 3 saturated heterocycles. The van der Waals surface area contributed by atoms with Crippen LogP contribution in [0.1, 0.15) is 137 Å². The predicted octanol–water partition coefficient (Wildman–Crippen LogP) is 14.4. The molecule has 3 aliphatic rings. The highest BCUT2D eigenvalue weighted by Gasteiger charge is 2.50. The van der Waals surface area contributed by atoms with Crippen molar-refractivity contribution in [1.82, 2.24) is 89.6 Å². The largest absolute Gasteiger partial charge is 0.506 e. The summed E-state index contributed by atoms with van der Waals surface area (Å²) in [7, 11) is 0. The summed E-state index contributed by atoms with van der Waals surface area (Å²) in [5.41, 5.74) is 11.8. The van der Waals surface area contributed by atoms with E-state index in [0.717, 1.165) is 85.0 Å². The minimum Gasteiger partial charge on any atom is -0.506 e. The lowest BCUT2D eigenvalue weighted by Crippen LogP contribution is -2.66. The molecule has 108 heavy (non-hydrogen) atoms. The van der Waals surface area contributed by atoms with Crippen LogP contribution in [0.15, 0.2) is 135 Å². The van der Waals surface area contributed by atoms with Crippen molar-refractivity contribution < 1.29 is 42.7 Å². The molecule has 6 atom stereocenters. The maximum Gasteiger partial charge on any atom is 0.233 e. The number of alkyl halides is 3. The molecule has 0 amide bonds. The van der Waals surface area contributed by atoms with Gasteiger partial charge in [-0.05, 0) is 189 Å². The molecule has 0 aromatic carbocycles. The third kappa shape index (κ3) is 16.2. The first kappa shape index (κ1) is 75.5. The molecule has 27 heteroatoms. The lowest BCUT2D eigenvalue weighted by molar-refractivity contribution is -0.0283. The van der Waals surface area contributed by atoms with Crippen molar-refractivity contribution in [2.45, 2.75) is 213 Å². The minimum atomic E-state index is -1.21. The summed E-state index contributed by atoms with van der Waals surface area (Å²) >= 11 is 0. The van der Waals surface area contributed by atoms with Gasteiger partial charge in [0.25, 0.3) is 0 Å². The molecule has 0 radical (unpaired) electrons. The fourth-order valence-electron chi connectivity index (χ4n) is 15.5. The van der Waals surface area contributed by atoms with Crippen molar-refractivity contribution in [3.63, 3.8) is 0 Å². The Balaban J connectivity index is 0.000000143. The van der Waals surface area contributed by atoms with E-state index in [1.165, 1.54) is 0 Å². The van der Waals surface area contributed by atoms with Gasteiger partial charge in [0.2, 0.25) is 17.6 Å². The average molecular weight is 1470 g/mol. The van der Waals surface area contributed by atoms with E-state index >= 15 is 13.2 Å².